The molecule has 0 saturated heterocycles. The number of rotatable bonds is 3. The van der Waals surface area contributed by atoms with E-state index in [0.717, 1.165) is 16.7 Å². The molecule has 0 spiro atoms. The first-order chi connectivity index (χ1) is 8.70. The molecule has 92 valence electrons. The molecule has 0 atom stereocenters. The van der Waals surface area contributed by atoms with E-state index in [9.17, 15) is 0 Å². The highest BCUT2D eigenvalue weighted by Crippen LogP contribution is 2.25. The number of benzene rings is 1. The molecule has 4 heteroatoms. The molecule has 2 aromatic rings. The number of anilines is 2. The third kappa shape index (κ3) is 2.67. The molecule has 1 heterocycles. The average Bonchev–Trinajstić information content (AvgIpc) is 2.36. The number of aromatic nitrogens is 1. The van der Waals surface area contributed by atoms with E-state index in [2.05, 4.69) is 4.98 Å². The van der Waals surface area contributed by atoms with Crippen molar-refractivity contribution >= 4 is 17.2 Å². The van der Waals surface area contributed by atoms with Crippen LogP contribution in [0.1, 0.15) is 11.1 Å². The van der Waals surface area contributed by atoms with Gasteiger partial charge in [-0.3, -0.25) is 0 Å². The summed E-state index contributed by atoms with van der Waals surface area (Å²) in [5, 5.41) is 0. The summed E-state index contributed by atoms with van der Waals surface area (Å²) in [6, 6.07) is 13.6. The van der Waals surface area contributed by atoms with Crippen LogP contribution in [0.5, 0.6) is 0 Å². The van der Waals surface area contributed by atoms with Crippen LogP contribution in [-0.4, -0.2) is 11.5 Å². The van der Waals surface area contributed by atoms with Crippen molar-refractivity contribution < 1.29 is 0 Å². The molecule has 1 aromatic carbocycles. The topological polar surface area (TPSA) is 91.0 Å². The first-order valence-electron chi connectivity index (χ1n) is 5.70. The Kier molecular flexibility index (Phi) is 3.60. The number of nitrogens with zero attached hydrogens (tertiary/aromatic N) is 1. The maximum Gasteiger partial charge on any atom is 0.126 e. The fourth-order valence-corrected chi connectivity index (χ4v) is 1.87. The highest BCUT2D eigenvalue weighted by atomic mass is 14.9. The molecule has 2 rings (SSSR count). The molecule has 0 aliphatic carbocycles. The molecular formula is C14H16N4. The van der Waals surface area contributed by atoms with Crippen LogP contribution in [0.3, 0.4) is 0 Å². The van der Waals surface area contributed by atoms with E-state index in [4.69, 9.17) is 17.2 Å². The minimum absolute atomic E-state index is 0.406. The SMILES string of the molecule is NCC=C(c1ccccc1)c1cc(N)nc(N)c1. The minimum atomic E-state index is 0.406. The van der Waals surface area contributed by atoms with Gasteiger partial charge < -0.3 is 17.2 Å². The summed E-state index contributed by atoms with van der Waals surface area (Å²) < 4.78 is 0. The van der Waals surface area contributed by atoms with E-state index in [0.29, 0.717) is 18.2 Å². The quantitative estimate of drug-likeness (QED) is 0.760. The molecule has 0 aliphatic rings. The maximum absolute atomic E-state index is 5.72. The van der Waals surface area contributed by atoms with Crippen LogP contribution in [0.4, 0.5) is 11.6 Å². The van der Waals surface area contributed by atoms with Crippen molar-refractivity contribution in [3.63, 3.8) is 0 Å². The number of nitrogen functional groups attached to an aromatic ring is 2. The molecule has 0 amide bonds. The molecular weight excluding hydrogens is 224 g/mol. The molecule has 0 radical (unpaired) electrons. The lowest BCUT2D eigenvalue weighted by atomic mass is 9.98. The van der Waals surface area contributed by atoms with Gasteiger partial charge in [0.2, 0.25) is 0 Å². The van der Waals surface area contributed by atoms with Crippen molar-refractivity contribution in [2.75, 3.05) is 18.0 Å². The zero-order valence-corrected chi connectivity index (χ0v) is 10.0. The van der Waals surface area contributed by atoms with E-state index < -0.39 is 0 Å². The third-order valence-electron chi connectivity index (χ3n) is 2.58. The summed E-state index contributed by atoms with van der Waals surface area (Å²) in [4.78, 5) is 3.97. The molecule has 6 N–H and O–H groups in total. The summed E-state index contributed by atoms with van der Waals surface area (Å²) >= 11 is 0. The molecule has 1 aromatic heterocycles. The highest BCUT2D eigenvalue weighted by Gasteiger charge is 2.06. The lowest BCUT2D eigenvalue weighted by Crippen LogP contribution is -2.01. The highest BCUT2D eigenvalue weighted by molar-refractivity contribution is 5.81. The summed E-state index contributed by atoms with van der Waals surface area (Å²) in [6.45, 7) is 0.451. The van der Waals surface area contributed by atoms with Gasteiger partial charge in [0.25, 0.3) is 0 Å². The summed E-state index contributed by atoms with van der Waals surface area (Å²) in [5.41, 5.74) is 20.1. The molecule has 0 unspecified atom stereocenters. The van der Waals surface area contributed by atoms with Crippen molar-refractivity contribution in [3.05, 3.63) is 59.7 Å². The van der Waals surface area contributed by atoms with E-state index in [1.165, 1.54) is 0 Å². The standard InChI is InChI=1S/C14H16N4/c15-7-6-12(10-4-2-1-3-5-10)11-8-13(16)18-14(17)9-11/h1-6,8-9H,7,15H2,(H4,16,17,18). The molecule has 0 bridgehead atoms. The Bertz CT molecular complexity index is 541. The van der Waals surface area contributed by atoms with Crippen LogP contribution in [0.15, 0.2) is 48.5 Å². The van der Waals surface area contributed by atoms with E-state index in [1.807, 2.05) is 36.4 Å². The second-order valence-electron chi connectivity index (χ2n) is 3.93. The molecule has 4 nitrogen and oxygen atoms in total. The smallest absolute Gasteiger partial charge is 0.126 e. The van der Waals surface area contributed by atoms with E-state index in [-0.39, 0.29) is 0 Å². The van der Waals surface area contributed by atoms with Crippen molar-refractivity contribution in [3.8, 4) is 0 Å². The number of pyridine rings is 1. The van der Waals surface area contributed by atoms with Crippen LogP contribution in [0.25, 0.3) is 5.57 Å². The van der Waals surface area contributed by atoms with Crippen LogP contribution in [-0.2, 0) is 0 Å². The minimum Gasteiger partial charge on any atom is -0.384 e. The Hall–Kier alpha value is -2.33. The Morgan fingerprint density at radius 3 is 2.17 bits per heavy atom. The van der Waals surface area contributed by atoms with Gasteiger partial charge in [-0.05, 0) is 28.8 Å². The predicted octanol–water partition coefficient (Wildman–Crippen LogP) is 1.64. The average molecular weight is 240 g/mol. The van der Waals surface area contributed by atoms with Gasteiger partial charge in [-0.25, -0.2) is 4.98 Å². The zero-order valence-electron chi connectivity index (χ0n) is 10.0. The number of hydrogen-bond donors (Lipinski definition) is 3. The number of hydrogen-bond acceptors (Lipinski definition) is 4. The summed E-state index contributed by atoms with van der Waals surface area (Å²) in [7, 11) is 0. The second kappa shape index (κ2) is 5.33. The third-order valence-corrected chi connectivity index (χ3v) is 2.58. The monoisotopic (exact) mass is 240 g/mol. The first kappa shape index (κ1) is 12.1. The van der Waals surface area contributed by atoms with Crippen LogP contribution >= 0.6 is 0 Å². The van der Waals surface area contributed by atoms with Gasteiger partial charge in [-0.15, -0.1) is 0 Å². The Labute approximate surface area is 106 Å². The first-order valence-corrected chi connectivity index (χ1v) is 5.70. The van der Waals surface area contributed by atoms with Gasteiger partial charge >= 0.3 is 0 Å². The zero-order chi connectivity index (χ0) is 13.0. The van der Waals surface area contributed by atoms with Crippen molar-refractivity contribution in [1.29, 1.82) is 0 Å². The van der Waals surface area contributed by atoms with Crippen molar-refractivity contribution in [1.82, 2.24) is 4.98 Å². The lowest BCUT2D eigenvalue weighted by molar-refractivity contribution is 1.25. The molecule has 18 heavy (non-hydrogen) atoms. The van der Waals surface area contributed by atoms with Gasteiger partial charge in [0.05, 0.1) is 0 Å². The van der Waals surface area contributed by atoms with E-state index in [1.54, 1.807) is 12.1 Å². The maximum atomic E-state index is 5.72. The Balaban J connectivity index is 2.52. The lowest BCUT2D eigenvalue weighted by Gasteiger charge is -2.09. The van der Waals surface area contributed by atoms with Crippen molar-refractivity contribution in [2.45, 2.75) is 0 Å². The van der Waals surface area contributed by atoms with Gasteiger partial charge in [0.1, 0.15) is 11.6 Å². The Morgan fingerprint density at radius 1 is 1.00 bits per heavy atom. The van der Waals surface area contributed by atoms with Gasteiger partial charge in [-0.2, -0.15) is 0 Å². The molecule has 0 fully saturated rings. The second-order valence-corrected chi connectivity index (χ2v) is 3.93. The molecule has 0 saturated carbocycles. The Morgan fingerprint density at radius 2 is 1.61 bits per heavy atom. The van der Waals surface area contributed by atoms with Crippen LogP contribution in [0, 0.1) is 0 Å². The summed E-state index contributed by atoms with van der Waals surface area (Å²) in [5.74, 6) is 0.813. The van der Waals surface area contributed by atoms with Gasteiger partial charge in [-0.1, -0.05) is 36.4 Å². The van der Waals surface area contributed by atoms with E-state index >= 15 is 0 Å². The fraction of sp³-hybridized carbons (Fsp3) is 0.0714. The van der Waals surface area contributed by atoms with Gasteiger partial charge in [0, 0.05) is 6.54 Å². The number of nitrogens with two attached hydrogens (primary N) is 3. The van der Waals surface area contributed by atoms with Crippen LogP contribution < -0.4 is 17.2 Å². The molecule has 0 aliphatic heterocycles. The normalized spacial score (nSPS) is 11.5. The van der Waals surface area contributed by atoms with Crippen molar-refractivity contribution in [2.24, 2.45) is 5.73 Å². The largest absolute Gasteiger partial charge is 0.384 e. The predicted molar refractivity (Wildman–Crippen MR) is 75.6 cm³/mol. The fourth-order valence-electron chi connectivity index (χ4n) is 1.87. The van der Waals surface area contributed by atoms with Gasteiger partial charge in [0.15, 0.2) is 0 Å². The summed E-state index contributed by atoms with van der Waals surface area (Å²) in [6.07, 6.45) is 1.95. The van der Waals surface area contributed by atoms with Crippen LogP contribution in [0.2, 0.25) is 0 Å².